The second-order valence-corrected chi connectivity index (χ2v) is 5.25. The zero-order valence-corrected chi connectivity index (χ0v) is 11.3. The third-order valence-electron chi connectivity index (χ3n) is 3.55. The van der Waals surface area contributed by atoms with Crippen LogP contribution in [0.5, 0.6) is 0 Å². The molecule has 0 aliphatic carbocycles. The van der Waals surface area contributed by atoms with E-state index >= 15 is 0 Å². The van der Waals surface area contributed by atoms with E-state index in [1.807, 2.05) is 0 Å². The van der Waals surface area contributed by atoms with Crippen molar-refractivity contribution in [3.8, 4) is 0 Å². The number of aliphatic hydroxyl groups is 1. The Labute approximate surface area is 116 Å². The van der Waals surface area contributed by atoms with Crippen molar-refractivity contribution in [1.29, 1.82) is 0 Å². The second-order valence-electron chi connectivity index (χ2n) is 4.85. The van der Waals surface area contributed by atoms with Crippen LogP contribution < -0.4 is 0 Å². The summed E-state index contributed by atoms with van der Waals surface area (Å²) in [5, 5.41) is 20.4. The van der Waals surface area contributed by atoms with Gasteiger partial charge in [-0.2, -0.15) is 0 Å². The number of hydrogen-bond acceptors (Lipinski definition) is 4. The van der Waals surface area contributed by atoms with Crippen molar-refractivity contribution < 1.29 is 10.0 Å². The van der Waals surface area contributed by atoms with Gasteiger partial charge in [-0.15, -0.1) is 0 Å². The first-order chi connectivity index (χ1) is 9.11. The summed E-state index contributed by atoms with van der Waals surface area (Å²) < 4.78 is 0. The van der Waals surface area contributed by atoms with Crippen LogP contribution in [0.25, 0.3) is 0 Å². The molecule has 2 rings (SSSR count). The van der Waals surface area contributed by atoms with E-state index in [0.717, 1.165) is 31.4 Å². The summed E-state index contributed by atoms with van der Waals surface area (Å²) in [6, 6.07) is 5.04. The number of benzene rings is 1. The van der Waals surface area contributed by atoms with Gasteiger partial charge in [0.2, 0.25) is 0 Å². The highest BCUT2D eigenvalue weighted by atomic mass is 35.5. The van der Waals surface area contributed by atoms with Crippen LogP contribution in [0.2, 0.25) is 5.02 Å². The molecule has 1 atom stereocenters. The topological polar surface area (TPSA) is 66.6 Å². The Morgan fingerprint density at radius 3 is 2.95 bits per heavy atom. The average molecular weight is 285 g/mol. The molecule has 1 aliphatic heterocycles. The normalized spacial score (nSPS) is 20.4. The highest BCUT2D eigenvalue weighted by molar-refractivity contribution is 6.32. The number of nitro benzene ring substituents is 1. The zero-order chi connectivity index (χ0) is 13.8. The molecule has 1 saturated heterocycles. The van der Waals surface area contributed by atoms with Gasteiger partial charge >= 0.3 is 0 Å². The monoisotopic (exact) mass is 284 g/mol. The molecule has 104 valence electrons. The maximum Gasteiger partial charge on any atom is 0.288 e. The first-order valence-corrected chi connectivity index (χ1v) is 6.77. The zero-order valence-electron chi connectivity index (χ0n) is 10.6. The van der Waals surface area contributed by atoms with Crippen LogP contribution in [0.3, 0.4) is 0 Å². The lowest BCUT2D eigenvalue weighted by Crippen LogP contribution is -2.41. The molecular formula is C13H17ClN2O3. The Morgan fingerprint density at radius 1 is 1.47 bits per heavy atom. The summed E-state index contributed by atoms with van der Waals surface area (Å²) in [5.41, 5.74) is 0.799. The van der Waals surface area contributed by atoms with Gasteiger partial charge in [0, 0.05) is 18.7 Å². The highest BCUT2D eigenvalue weighted by Crippen LogP contribution is 2.27. The summed E-state index contributed by atoms with van der Waals surface area (Å²) >= 11 is 5.79. The number of piperidine rings is 1. The summed E-state index contributed by atoms with van der Waals surface area (Å²) in [7, 11) is 0. The Bertz CT molecular complexity index is 467. The molecule has 0 bridgehead atoms. The minimum absolute atomic E-state index is 0.0586. The second kappa shape index (κ2) is 6.32. The molecule has 1 aromatic rings. The van der Waals surface area contributed by atoms with Gasteiger partial charge in [-0.05, 0) is 31.0 Å². The Morgan fingerprint density at radius 2 is 2.26 bits per heavy atom. The Kier molecular flexibility index (Phi) is 4.74. The molecular weight excluding hydrogens is 268 g/mol. The molecule has 1 fully saturated rings. The van der Waals surface area contributed by atoms with Crippen molar-refractivity contribution in [3.05, 3.63) is 38.9 Å². The SMILES string of the molecule is O=[N+]([O-])c1cc(CN2CCCCC2CO)ccc1Cl. The van der Waals surface area contributed by atoms with E-state index in [0.29, 0.717) is 6.54 Å². The lowest BCUT2D eigenvalue weighted by molar-refractivity contribution is -0.384. The molecule has 1 unspecified atom stereocenters. The standard InChI is InChI=1S/C13H17ClN2O3/c14-12-5-4-10(7-13(12)16(18)19)8-15-6-2-1-3-11(15)9-17/h4-5,7,11,17H,1-3,6,8-9H2. The van der Waals surface area contributed by atoms with E-state index in [-0.39, 0.29) is 23.4 Å². The summed E-state index contributed by atoms with van der Waals surface area (Å²) in [6.45, 7) is 1.67. The van der Waals surface area contributed by atoms with Crippen LogP contribution in [0.15, 0.2) is 18.2 Å². The number of aliphatic hydroxyl groups excluding tert-OH is 1. The van der Waals surface area contributed by atoms with Crippen molar-refractivity contribution in [2.45, 2.75) is 31.8 Å². The number of nitro groups is 1. The predicted octanol–water partition coefficient (Wildman–Crippen LogP) is 2.60. The van der Waals surface area contributed by atoms with Gasteiger partial charge in [0.1, 0.15) is 5.02 Å². The maximum atomic E-state index is 10.9. The Balaban J connectivity index is 2.14. The molecule has 1 aliphatic rings. The van der Waals surface area contributed by atoms with E-state index in [4.69, 9.17) is 11.6 Å². The van der Waals surface area contributed by atoms with E-state index in [1.165, 1.54) is 6.07 Å². The summed E-state index contributed by atoms with van der Waals surface area (Å²) in [6.07, 6.45) is 3.21. The van der Waals surface area contributed by atoms with E-state index in [9.17, 15) is 15.2 Å². The fourth-order valence-electron chi connectivity index (χ4n) is 2.51. The predicted molar refractivity (Wildman–Crippen MR) is 73.2 cm³/mol. The minimum Gasteiger partial charge on any atom is -0.395 e. The Hall–Kier alpha value is -1.17. The van der Waals surface area contributed by atoms with E-state index in [2.05, 4.69) is 4.90 Å². The number of halogens is 1. The summed E-state index contributed by atoms with van der Waals surface area (Å²) in [4.78, 5) is 12.6. The van der Waals surface area contributed by atoms with Crippen LogP contribution in [0.1, 0.15) is 24.8 Å². The van der Waals surface area contributed by atoms with Crippen LogP contribution in [-0.4, -0.2) is 34.1 Å². The van der Waals surface area contributed by atoms with Crippen molar-refractivity contribution in [1.82, 2.24) is 4.90 Å². The van der Waals surface area contributed by atoms with Crippen molar-refractivity contribution >= 4 is 17.3 Å². The van der Waals surface area contributed by atoms with Gasteiger partial charge in [0.05, 0.1) is 11.5 Å². The smallest absolute Gasteiger partial charge is 0.288 e. The molecule has 1 N–H and O–H groups in total. The van der Waals surface area contributed by atoms with Gasteiger partial charge in [0.25, 0.3) is 5.69 Å². The number of hydrogen-bond donors (Lipinski definition) is 1. The van der Waals surface area contributed by atoms with E-state index < -0.39 is 4.92 Å². The van der Waals surface area contributed by atoms with Gasteiger partial charge in [0.15, 0.2) is 0 Å². The molecule has 5 nitrogen and oxygen atoms in total. The van der Waals surface area contributed by atoms with Gasteiger partial charge < -0.3 is 5.11 Å². The fourth-order valence-corrected chi connectivity index (χ4v) is 2.69. The minimum atomic E-state index is -0.467. The number of nitrogens with zero attached hydrogens (tertiary/aromatic N) is 2. The van der Waals surface area contributed by atoms with E-state index in [1.54, 1.807) is 12.1 Å². The van der Waals surface area contributed by atoms with Crippen molar-refractivity contribution in [3.63, 3.8) is 0 Å². The molecule has 1 aromatic carbocycles. The molecule has 6 heteroatoms. The lowest BCUT2D eigenvalue weighted by Gasteiger charge is -2.34. The third kappa shape index (κ3) is 3.43. The lowest BCUT2D eigenvalue weighted by atomic mass is 10.0. The molecule has 0 amide bonds. The van der Waals surface area contributed by atoms with Crippen LogP contribution in [-0.2, 0) is 6.54 Å². The fraction of sp³-hybridized carbons (Fsp3) is 0.538. The van der Waals surface area contributed by atoms with Crippen LogP contribution in [0.4, 0.5) is 5.69 Å². The van der Waals surface area contributed by atoms with Gasteiger partial charge in [-0.1, -0.05) is 24.1 Å². The van der Waals surface area contributed by atoms with Gasteiger partial charge in [-0.3, -0.25) is 15.0 Å². The van der Waals surface area contributed by atoms with Crippen LogP contribution >= 0.6 is 11.6 Å². The molecule has 0 aromatic heterocycles. The number of rotatable bonds is 4. The average Bonchev–Trinajstić information content (AvgIpc) is 2.41. The maximum absolute atomic E-state index is 10.9. The van der Waals surface area contributed by atoms with Crippen LogP contribution in [0, 0.1) is 10.1 Å². The molecule has 0 spiro atoms. The highest BCUT2D eigenvalue weighted by Gasteiger charge is 2.22. The van der Waals surface area contributed by atoms with Crippen molar-refractivity contribution in [2.24, 2.45) is 0 Å². The molecule has 0 saturated carbocycles. The quantitative estimate of drug-likeness (QED) is 0.682. The largest absolute Gasteiger partial charge is 0.395 e. The first-order valence-electron chi connectivity index (χ1n) is 6.39. The van der Waals surface area contributed by atoms with Gasteiger partial charge in [-0.25, -0.2) is 0 Å². The molecule has 1 heterocycles. The molecule has 0 radical (unpaired) electrons. The third-order valence-corrected chi connectivity index (χ3v) is 3.87. The molecule has 19 heavy (non-hydrogen) atoms. The number of likely N-dealkylation sites (tertiary alicyclic amines) is 1. The van der Waals surface area contributed by atoms with Crippen molar-refractivity contribution in [2.75, 3.05) is 13.2 Å². The first kappa shape index (κ1) is 14.2. The summed E-state index contributed by atoms with van der Waals surface area (Å²) in [5.74, 6) is 0.